The molecule has 0 atom stereocenters. The number of carbonyl (C=O) groups excluding carboxylic acids is 2. The number of halogens is 3. The van der Waals surface area contributed by atoms with Crippen LogP contribution >= 0.6 is 0 Å². The molecule has 0 saturated carbocycles. The Bertz CT molecular complexity index is 1730. The van der Waals surface area contributed by atoms with E-state index in [0.29, 0.717) is 87.2 Å². The van der Waals surface area contributed by atoms with Gasteiger partial charge in [0.05, 0.1) is 55.6 Å². The predicted molar refractivity (Wildman–Crippen MR) is 157 cm³/mol. The minimum atomic E-state index is -4.66. The van der Waals surface area contributed by atoms with Crippen LogP contribution in [0.15, 0.2) is 48.8 Å². The van der Waals surface area contributed by atoms with Crippen molar-refractivity contribution in [2.45, 2.75) is 6.18 Å². The maximum atomic E-state index is 13.5. The van der Waals surface area contributed by atoms with Gasteiger partial charge in [-0.3, -0.25) is 14.5 Å². The molecule has 3 aromatic heterocycles. The van der Waals surface area contributed by atoms with Crippen LogP contribution in [0.3, 0.4) is 0 Å². The van der Waals surface area contributed by atoms with Gasteiger partial charge in [-0.15, -0.1) is 0 Å². The molecule has 0 radical (unpaired) electrons. The molecule has 2 saturated heterocycles. The van der Waals surface area contributed by atoms with Crippen LogP contribution in [-0.4, -0.2) is 112 Å². The first-order chi connectivity index (χ1) is 21.6. The van der Waals surface area contributed by atoms with Gasteiger partial charge in [-0.25, -0.2) is 14.5 Å². The number of benzene rings is 1. The number of rotatable bonds is 6. The number of anilines is 1. The SMILES string of the molecule is COc1cc(-c2cnc3ccc(-c4cnc(N)c(C(F)(F)F)c4)nn23)ccc1C(=O)N1CCN(CC(=O)N2CCOCC2)CC1. The molecule has 0 spiro atoms. The summed E-state index contributed by atoms with van der Waals surface area (Å²) in [5, 5.41) is 4.53. The van der Waals surface area contributed by atoms with Crippen LogP contribution in [0.2, 0.25) is 0 Å². The van der Waals surface area contributed by atoms with E-state index in [1.54, 1.807) is 41.4 Å². The highest BCUT2D eigenvalue weighted by Gasteiger charge is 2.34. The van der Waals surface area contributed by atoms with E-state index in [-0.39, 0.29) is 23.1 Å². The van der Waals surface area contributed by atoms with Gasteiger partial charge in [-0.2, -0.15) is 18.3 Å². The van der Waals surface area contributed by atoms with E-state index in [9.17, 15) is 22.8 Å². The van der Waals surface area contributed by atoms with E-state index in [0.717, 1.165) is 6.07 Å². The van der Waals surface area contributed by atoms with Gasteiger partial charge < -0.3 is 25.0 Å². The van der Waals surface area contributed by atoms with E-state index >= 15 is 0 Å². The molecule has 0 aliphatic carbocycles. The summed E-state index contributed by atoms with van der Waals surface area (Å²) in [7, 11) is 1.47. The number of fused-ring (bicyclic) bond motifs is 1. The molecule has 15 heteroatoms. The van der Waals surface area contributed by atoms with Crippen molar-refractivity contribution >= 4 is 23.3 Å². The van der Waals surface area contributed by atoms with Gasteiger partial charge >= 0.3 is 6.18 Å². The molecule has 12 nitrogen and oxygen atoms in total. The molecular formula is C30H31F3N8O4. The van der Waals surface area contributed by atoms with Gasteiger partial charge in [-0.1, -0.05) is 6.07 Å². The average Bonchev–Trinajstić information content (AvgIpc) is 3.48. The van der Waals surface area contributed by atoms with Crippen LogP contribution < -0.4 is 10.5 Å². The number of carbonyl (C=O) groups is 2. The van der Waals surface area contributed by atoms with Crippen molar-refractivity contribution in [1.29, 1.82) is 0 Å². The Labute approximate surface area is 256 Å². The summed E-state index contributed by atoms with van der Waals surface area (Å²) in [5.41, 5.74) is 6.83. The molecule has 2 fully saturated rings. The number of nitrogens with zero attached hydrogens (tertiary/aromatic N) is 7. The average molecular weight is 625 g/mol. The molecule has 4 aromatic rings. The second-order valence-electron chi connectivity index (χ2n) is 10.8. The zero-order valence-corrected chi connectivity index (χ0v) is 24.5. The third-order valence-electron chi connectivity index (χ3n) is 7.99. The van der Waals surface area contributed by atoms with Crippen LogP contribution in [0.4, 0.5) is 19.0 Å². The number of methoxy groups -OCH3 is 1. The van der Waals surface area contributed by atoms with Crippen molar-refractivity contribution in [3.63, 3.8) is 0 Å². The Kier molecular flexibility index (Phi) is 8.29. The lowest BCUT2D eigenvalue weighted by molar-refractivity contribution is -0.137. The van der Waals surface area contributed by atoms with E-state index in [1.807, 2.05) is 4.90 Å². The second kappa shape index (κ2) is 12.3. The number of nitrogen functional groups attached to an aromatic ring is 1. The van der Waals surface area contributed by atoms with Gasteiger partial charge in [0.15, 0.2) is 5.65 Å². The quantitative estimate of drug-likeness (QED) is 0.344. The standard InChI is InChI=1S/C30H31F3N8O4/c1-44-25-15-19(2-3-21(25)29(43)40-8-6-38(7-9-40)18-27(42)39-10-12-45-13-11-39)24-17-35-26-5-4-23(37-41(24)26)20-14-22(30(31,32)33)28(34)36-16-20/h2-5,14-17H,6-13,18H2,1H3,(H2,34,36). The van der Waals surface area contributed by atoms with Crippen molar-refractivity contribution in [3.05, 3.63) is 59.9 Å². The number of ether oxygens (including phenoxy) is 2. The van der Waals surface area contributed by atoms with Gasteiger partial charge in [0.1, 0.15) is 11.6 Å². The molecule has 236 valence electrons. The van der Waals surface area contributed by atoms with Gasteiger partial charge in [0, 0.05) is 56.6 Å². The first-order valence-corrected chi connectivity index (χ1v) is 14.4. The summed E-state index contributed by atoms with van der Waals surface area (Å²) < 4.78 is 52.7. The van der Waals surface area contributed by atoms with Crippen LogP contribution in [-0.2, 0) is 15.7 Å². The Hall–Kier alpha value is -4.76. The number of hydrogen-bond acceptors (Lipinski definition) is 9. The molecule has 6 rings (SSSR count). The third-order valence-corrected chi connectivity index (χ3v) is 7.99. The molecule has 2 aliphatic heterocycles. The number of aromatic nitrogens is 4. The highest BCUT2D eigenvalue weighted by atomic mass is 19.4. The number of amides is 2. The number of imidazole rings is 1. The van der Waals surface area contributed by atoms with E-state index < -0.39 is 17.6 Å². The lowest BCUT2D eigenvalue weighted by Gasteiger charge is -2.36. The fourth-order valence-electron chi connectivity index (χ4n) is 5.48. The van der Waals surface area contributed by atoms with Crippen molar-refractivity contribution < 1.29 is 32.2 Å². The summed E-state index contributed by atoms with van der Waals surface area (Å²) in [6.07, 6.45) is -1.84. The Morgan fingerprint density at radius 2 is 1.69 bits per heavy atom. The van der Waals surface area contributed by atoms with Gasteiger partial charge in [0.25, 0.3) is 5.91 Å². The molecule has 45 heavy (non-hydrogen) atoms. The zero-order chi connectivity index (χ0) is 31.7. The van der Waals surface area contributed by atoms with Crippen LogP contribution in [0.5, 0.6) is 5.75 Å². The fraction of sp³-hybridized carbons (Fsp3) is 0.367. The number of pyridine rings is 1. The smallest absolute Gasteiger partial charge is 0.419 e. The van der Waals surface area contributed by atoms with Gasteiger partial charge in [0.2, 0.25) is 5.91 Å². The van der Waals surface area contributed by atoms with E-state index in [1.165, 1.54) is 17.8 Å². The molecule has 0 unspecified atom stereocenters. The number of hydrogen-bond donors (Lipinski definition) is 1. The number of piperazine rings is 1. The third kappa shape index (κ3) is 6.26. The Balaban J connectivity index is 1.19. The molecule has 1 aromatic carbocycles. The van der Waals surface area contributed by atoms with Crippen molar-refractivity contribution in [2.24, 2.45) is 0 Å². The van der Waals surface area contributed by atoms with Crippen molar-refractivity contribution in [1.82, 2.24) is 34.3 Å². The molecule has 2 amide bonds. The predicted octanol–water partition coefficient (Wildman–Crippen LogP) is 2.68. The maximum Gasteiger partial charge on any atom is 0.419 e. The molecule has 5 heterocycles. The molecular weight excluding hydrogens is 593 g/mol. The topological polar surface area (TPSA) is 131 Å². The number of nitrogens with two attached hydrogens (primary N) is 1. The summed E-state index contributed by atoms with van der Waals surface area (Å²) >= 11 is 0. The van der Waals surface area contributed by atoms with Crippen LogP contribution in [0.1, 0.15) is 15.9 Å². The Morgan fingerprint density at radius 1 is 0.933 bits per heavy atom. The monoisotopic (exact) mass is 624 g/mol. The van der Waals surface area contributed by atoms with Gasteiger partial charge in [-0.05, 0) is 30.3 Å². The highest BCUT2D eigenvalue weighted by molar-refractivity contribution is 5.97. The first-order valence-electron chi connectivity index (χ1n) is 14.4. The van der Waals surface area contributed by atoms with Crippen LogP contribution in [0, 0.1) is 0 Å². The Morgan fingerprint density at radius 3 is 2.40 bits per heavy atom. The number of morpholine rings is 1. The zero-order valence-electron chi connectivity index (χ0n) is 24.5. The summed E-state index contributed by atoms with van der Waals surface area (Å²) in [6.45, 7) is 4.70. The second-order valence-corrected chi connectivity index (χ2v) is 10.8. The van der Waals surface area contributed by atoms with Crippen molar-refractivity contribution in [2.75, 3.05) is 71.9 Å². The van der Waals surface area contributed by atoms with E-state index in [4.69, 9.17) is 15.2 Å². The lowest BCUT2D eigenvalue weighted by Crippen LogP contribution is -2.52. The van der Waals surface area contributed by atoms with Crippen LogP contribution in [0.25, 0.3) is 28.2 Å². The van der Waals surface area contributed by atoms with E-state index in [2.05, 4.69) is 20.0 Å². The largest absolute Gasteiger partial charge is 0.496 e. The summed E-state index contributed by atoms with van der Waals surface area (Å²) in [4.78, 5) is 39.8. The normalized spacial score (nSPS) is 16.3. The highest BCUT2D eigenvalue weighted by Crippen LogP contribution is 2.35. The molecule has 2 N–H and O–H groups in total. The first kappa shape index (κ1) is 30.3. The number of alkyl halides is 3. The molecule has 2 aliphatic rings. The minimum absolute atomic E-state index is 0.0699. The fourth-order valence-corrected chi connectivity index (χ4v) is 5.48. The minimum Gasteiger partial charge on any atom is -0.496 e. The summed E-state index contributed by atoms with van der Waals surface area (Å²) in [6, 6.07) is 9.23. The maximum absolute atomic E-state index is 13.5. The summed E-state index contributed by atoms with van der Waals surface area (Å²) in [5.74, 6) is -0.378. The van der Waals surface area contributed by atoms with Crippen molar-refractivity contribution in [3.8, 4) is 28.3 Å². The lowest BCUT2D eigenvalue weighted by atomic mass is 10.1. The molecule has 0 bridgehead atoms.